The lowest BCUT2D eigenvalue weighted by molar-refractivity contribution is -0.148. The Labute approximate surface area is 117 Å². The number of anilines is 1. The topological polar surface area (TPSA) is 75.6 Å². The van der Waals surface area contributed by atoms with Gasteiger partial charge >= 0.3 is 5.97 Å². The summed E-state index contributed by atoms with van der Waals surface area (Å²) < 4.78 is 5.38. The van der Waals surface area contributed by atoms with Crippen LogP contribution >= 0.6 is 0 Å². The lowest BCUT2D eigenvalue weighted by Gasteiger charge is -2.18. The second-order valence-corrected chi connectivity index (χ2v) is 5.11. The number of rotatable bonds is 5. The molecule has 0 aliphatic carbocycles. The van der Waals surface area contributed by atoms with Crippen molar-refractivity contribution in [3.05, 3.63) is 29.8 Å². The third kappa shape index (κ3) is 3.81. The molecule has 0 aromatic heterocycles. The van der Waals surface area contributed by atoms with E-state index in [1.165, 1.54) is 0 Å². The van der Waals surface area contributed by atoms with E-state index in [2.05, 4.69) is 5.32 Å². The first-order chi connectivity index (χ1) is 9.56. The van der Waals surface area contributed by atoms with Crippen molar-refractivity contribution in [2.75, 3.05) is 11.9 Å². The zero-order valence-corrected chi connectivity index (χ0v) is 11.5. The maximum Gasteiger partial charge on any atom is 0.309 e. The van der Waals surface area contributed by atoms with Gasteiger partial charge in [-0.05, 0) is 31.9 Å². The number of hydrogen-bond acceptors (Lipinski definition) is 3. The summed E-state index contributed by atoms with van der Waals surface area (Å²) in [5, 5.41) is 11.9. The average Bonchev–Trinajstić information content (AvgIpc) is 2.92. The monoisotopic (exact) mass is 277 g/mol. The number of carboxylic acids is 1. The third-order valence-electron chi connectivity index (χ3n) is 3.47. The standard InChI is InChI=1S/C15H19NO4/c1-10-4-6-11(7-5-10)16-14(17)9-12(15(18)19)13-3-2-8-20-13/h4-7,12-13H,2-3,8-9H2,1H3,(H,16,17)(H,18,19)/t12-,13-/m1/s1. The van der Waals surface area contributed by atoms with Gasteiger partial charge in [0, 0.05) is 18.7 Å². The molecule has 1 heterocycles. The van der Waals surface area contributed by atoms with Crippen molar-refractivity contribution in [2.24, 2.45) is 5.92 Å². The molecule has 1 amide bonds. The van der Waals surface area contributed by atoms with Gasteiger partial charge in [0.15, 0.2) is 0 Å². The quantitative estimate of drug-likeness (QED) is 0.865. The molecule has 5 heteroatoms. The SMILES string of the molecule is Cc1ccc(NC(=O)C[C@@H](C(=O)O)[C@H]2CCCO2)cc1. The van der Waals surface area contributed by atoms with Gasteiger partial charge in [0.1, 0.15) is 0 Å². The Morgan fingerprint density at radius 3 is 2.65 bits per heavy atom. The molecular formula is C15H19NO4. The van der Waals surface area contributed by atoms with Crippen LogP contribution in [-0.2, 0) is 14.3 Å². The highest BCUT2D eigenvalue weighted by atomic mass is 16.5. The molecule has 5 nitrogen and oxygen atoms in total. The molecule has 0 bridgehead atoms. The second-order valence-electron chi connectivity index (χ2n) is 5.11. The zero-order chi connectivity index (χ0) is 14.5. The number of benzene rings is 1. The van der Waals surface area contributed by atoms with Gasteiger partial charge in [-0.1, -0.05) is 17.7 Å². The molecule has 2 N–H and O–H groups in total. The van der Waals surface area contributed by atoms with E-state index in [0.29, 0.717) is 18.7 Å². The number of nitrogens with one attached hydrogen (secondary N) is 1. The molecule has 1 aromatic carbocycles. The van der Waals surface area contributed by atoms with Gasteiger partial charge in [-0.2, -0.15) is 0 Å². The summed E-state index contributed by atoms with van der Waals surface area (Å²) in [4.78, 5) is 23.2. The molecule has 108 valence electrons. The van der Waals surface area contributed by atoms with Gasteiger partial charge in [0.2, 0.25) is 5.91 Å². The molecule has 1 saturated heterocycles. The summed E-state index contributed by atoms with van der Waals surface area (Å²) in [5.41, 5.74) is 1.78. The van der Waals surface area contributed by atoms with Crippen molar-refractivity contribution in [3.8, 4) is 0 Å². The Balaban J connectivity index is 1.94. The molecule has 2 rings (SSSR count). The molecule has 1 aliphatic rings. The minimum absolute atomic E-state index is 0.0616. The smallest absolute Gasteiger partial charge is 0.309 e. The van der Waals surface area contributed by atoms with Crippen LogP contribution < -0.4 is 5.32 Å². The minimum Gasteiger partial charge on any atom is -0.481 e. The third-order valence-corrected chi connectivity index (χ3v) is 3.47. The fourth-order valence-corrected chi connectivity index (χ4v) is 2.35. The van der Waals surface area contributed by atoms with Crippen molar-refractivity contribution < 1.29 is 19.4 Å². The van der Waals surface area contributed by atoms with Crippen molar-refractivity contribution in [1.82, 2.24) is 0 Å². The molecule has 2 atom stereocenters. The summed E-state index contributed by atoms with van der Waals surface area (Å²) >= 11 is 0. The van der Waals surface area contributed by atoms with Crippen LogP contribution in [0, 0.1) is 12.8 Å². The Kier molecular flexibility index (Phi) is 4.74. The average molecular weight is 277 g/mol. The molecule has 0 saturated carbocycles. The lowest BCUT2D eigenvalue weighted by atomic mass is 9.96. The Morgan fingerprint density at radius 1 is 1.40 bits per heavy atom. The normalized spacial score (nSPS) is 19.6. The molecular weight excluding hydrogens is 258 g/mol. The number of ether oxygens (including phenoxy) is 1. The lowest BCUT2D eigenvalue weighted by Crippen LogP contribution is -2.31. The largest absolute Gasteiger partial charge is 0.481 e. The van der Waals surface area contributed by atoms with Crippen LogP contribution in [0.4, 0.5) is 5.69 Å². The van der Waals surface area contributed by atoms with Gasteiger partial charge in [-0.15, -0.1) is 0 Å². The van der Waals surface area contributed by atoms with Crippen LogP contribution in [0.5, 0.6) is 0 Å². The van der Waals surface area contributed by atoms with E-state index in [1.807, 2.05) is 19.1 Å². The van der Waals surface area contributed by atoms with Crippen molar-refractivity contribution in [1.29, 1.82) is 0 Å². The summed E-state index contributed by atoms with van der Waals surface area (Å²) in [6.07, 6.45) is 1.15. The van der Waals surface area contributed by atoms with Crippen molar-refractivity contribution in [2.45, 2.75) is 32.3 Å². The predicted octanol–water partition coefficient (Wildman–Crippen LogP) is 2.20. The highest BCUT2D eigenvalue weighted by Crippen LogP contribution is 2.24. The summed E-state index contributed by atoms with van der Waals surface area (Å²) in [6.45, 7) is 2.54. The van der Waals surface area contributed by atoms with E-state index in [4.69, 9.17) is 4.74 Å². The fraction of sp³-hybridized carbons (Fsp3) is 0.467. The van der Waals surface area contributed by atoms with Crippen LogP contribution in [0.25, 0.3) is 0 Å². The summed E-state index contributed by atoms with van der Waals surface area (Å²) in [7, 11) is 0. The van der Waals surface area contributed by atoms with E-state index in [9.17, 15) is 14.7 Å². The Hall–Kier alpha value is -1.88. The first-order valence-electron chi connectivity index (χ1n) is 6.77. The van der Waals surface area contributed by atoms with E-state index < -0.39 is 11.9 Å². The van der Waals surface area contributed by atoms with Crippen molar-refractivity contribution >= 4 is 17.6 Å². The van der Waals surface area contributed by atoms with Crippen LogP contribution in [0.2, 0.25) is 0 Å². The predicted molar refractivity (Wildman–Crippen MR) is 74.5 cm³/mol. The Morgan fingerprint density at radius 2 is 2.10 bits per heavy atom. The molecule has 1 aliphatic heterocycles. The zero-order valence-electron chi connectivity index (χ0n) is 11.5. The summed E-state index contributed by atoms with van der Waals surface area (Å²) in [5.74, 6) is -2.05. The first kappa shape index (κ1) is 14.5. The fourth-order valence-electron chi connectivity index (χ4n) is 2.35. The highest BCUT2D eigenvalue weighted by molar-refractivity contribution is 5.93. The number of carboxylic acid groups (broad SMARTS) is 1. The number of aryl methyl sites for hydroxylation is 1. The van der Waals surface area contributed by atoms with Crippen LogP contribution in [0.1, 0.15) is 24.8 Å². The highest BCUT2D eigenvalue weighted by Gasteiger charge is 2.33. The van der Waals surface area contributed by atoms with Gasteiger partial charge in [-0.3, -0.25) is 9.59 Å². The minimum atomic E-state index is -0.976. The number of carbonyl (C=O) groups is 2. The Bertz CT molecular complexity index is 477. The van der Waals surface area contributed by atoms with Crippen molar-refractivity contribution in [3.63, 3.8) is 0 Å². The van der Waals surface area contributed by atoms with E-state index >= 15 is 0 Å². The molecule has 0 unspecified atom stereocenters. The van der Waals surface area contributed by atoms with E-state index in [0.717, 1.165) is 12.0 Å². The number of hydrogen-bond donors (Lipinski definition) is 2. The van der Waals surface area contributed by atoms with E-state index in [-0.39, 0.29) is 18.4 Å². The van der Waals surface area contributed by atoms with Gasteiger partial charge < -0.3 is 15.2 Å². The summed E-state index contributed by atoms with van der Waals surface area (Å²) in [6, 6.07) is 7.39. The molecule has 0 radical (unpaired) electrons. The van der Waals surface area contributed by atoms with E-state index in [1.54, 1.807) is 12.1 Å². The first-order valence-corrected chi connectivity index (χ1v) is 6.77. The van der Waals surface area contributed by atoms with Crippen LogP contribution in [0.15, 0.2) is 24.3 Å². The van der Waals surface area contributed by atoms with Gasteiger partial charge in [0.25, 0.3) is 0 Å². The van der Waals surface area contributed by atoms with Crippen LogP contribution in [-0.4, -0.2) is 29.7 Å². The molecule has 1 aromatic rings. The molecule has 0 spiro atoms. The number of amides is 1. The number of aliphatic carboxylic acids is 1. The molecule has 1 fully saturated rings. The second kappa shape index (κ2) is 6.52. The van der Waals surface area contributed by atoms with Gasteiger partial charge in [-0.25, -0.2) is 0 Å². The van der Waals surface area contributed by atoms with Gasteiger partial charge in [0.05, 0.1) is 12.0 Å². The maximum atomic E-state index is 11.9. The number of carbonyl (C=O) groups excluding carboxylic acids is 1. The van der Waals surface area contributed by atoms with Crippen LogP contribution in [0.3, 0.4) is 0 Å². The molecule has 20 heavy (non-hydrogen) atoms. The maximum absolute atomic E-state index is 11.9.